The molecule has 28 heavy (non-hydrogen) atoms. The summed E-state index contributed by atoms with van der Waals surface area (Å²) in [6, 6.07) is 13.2. The van der Waals surface area contributed by atoms with Crippen molar-refractivity contribution in [3.8, 4) is 5.69 Å². The molecule has 3 rings (SSSR count). The van der Waals surface area contributed by atoms with Crippen molar-refractivity contribution in [2.24, 2.45) is 0 Å². The molecule has 0 saturated carbocycles. The number of fused-ring (bicyclic) bond motifs is 1. The third kappa shape index (κ3) is 4.28. The fourth-order valence-corrected chi connectivity index (χ4v) is 3.86. The maximum Gasteiger partial charge on any atom is 0.316 e. The summed E-state index contributed by atoms with van der Waals surface area (Å²) < 4.78 is 6.86. The fourth-order valence-electron chi connectivity index (χ4n) is 3.06. The number of esters is 1. The summed E-state index contributed by atoms with van der Waals surface area (Å²) in [5.74, 6) is -0.187. The quantitative estimate of drug-likeness (QED) is 0.256. The number of ether oxygens (including phenoxy) is 1. The second-order valence-corrected chi connectivity index (χ2v) is 7.60. The Kier molecular flexibility index (Phi) is 6.52. The molecule has 3 aromatic rings. The molecule has 5 nitrogen and oxygen atoms in total. The van der Waals surface area contributed by atoms with E-state index in [1.54, 1.807) is 10.6 Å². The highest BCUT2D eigenvalue weighted by Crippen LogP contribution is 2.25. The number of hydrogen-bond donors (Lipinski definition) is 0. The maximum atomic E-state index is 13.3. The number of rotatable bonds is 7. The van der Waals surface area contributed by atoms with Gasteiger partial charge in [0, 0.05) is 0 Å². The zero-order valence-electron chi connectivity index (χ0n) is 16.4. The molecule has 0 aliphatic carbocycles. The van der Waals surface area contributed by atoms with Gasteiger partial charge in [-0.2, -0.15) is 0 Å². The van der Waals surface area contributed by atoms with Crippen LogP contribution < -0.4 is 5.56 Å². The van der Waals surface area contributed by atoms with Crippen LogP contribution in [0.15, 0.2) is 52.4 Å². The van der Waals surface area contributed by atoms with E-state index in [-0.39, 0.29) is 17.3 Å². The normalized spacial score (nSPS) is 11.0. The van der Waals surface area contributed by atoms with Gasteiger partial charge in [-0.1, -0.05) is 55.4 Å². The van der Waals surface area contributed by atoms with Gasteiger partial charge in [-0.15, -0.1) is 0 Å². The SMILES string of the molecule is CCCCOC(=O)CSc1nc2ccccc2c(=O)n1-c1c(C)cccc1C. The summed E-state index contributed by atoms with van der Waals surface area (Å²) in [6.07, 6.45) is 1.82. The predicted octanol–water partition coefficient (Wildman–Crippen LogP) is 4.44. The Labute approximate surface area is 168 Å². The number of nitrogens with zero attached hydrogens (tertiary/aromatic N) is 2. The summed E-state index contributed by atoms with van der Waals surface area (Å²) >= 11 is 1.23. The number of aryl methyl sites for hydroxylation is 2. The van der Waals surface area contributed by atoms with E-state index >= 15 is 0 Å². The first-order chi connectivity index (χ1) is 13.5. The van der Waals surface area contributed by atoms with E-state index in [4.69, 9.17) is 4.74 Å². The maximum absolute atomic E-state index is 13.3. The Morgan fingerprint density at radius 1 is 1.11 bits per heavy atom. The average Bonchev–Trinajstić information content (AvgIpc) is 2.68. The van der Waals surface area contributed by atoms with Crippen molar-refractivity contribution >= 4 is 28.6 Å². The lowest BCUT2D eigenvalue weighted by atomic mass is 10.1. The van der Waals surface area contributed by atoms with Gasteiger partial charge >= 0.3 is 5.97 Å². The highest BCUT2D eigenvalue weighted by atomic mass is 32.2. The zero-order chi connectivity index (χ0) is 20.1. The van der Waals surface area contributed by atoms with Gasteiger partial charge < -0.3 is 4.74 Å². The number of carbonyl (C=O) groups excluding carboxylic acids is 1. The first-order valence-electron chi connectivity index (χ1n) is 9.39. The summed E-state index contributed by atoms with van der Waals surface area (Å²) in [7, 11) is 0. The molecule has 146 valence electrons. The van der Waals surface area contributed by atoms with Crippen LogP contribution in [0.5, 0.6) is 0 Å². The number of carbonyl (C=O) groups is 1. The molecule has 6 heteroatoms. The van der Waals surface area contributed by atoms with Gasteiger partial charge in [-0.05, 0) is 43.5 Å². The molecule has 0 saturated heterocycles. The van der Waals surface area contributed by atoms with Crippen molar-refractivity contribution in [2.45, 2.75) is 38.8 Å². The summed E-state index contributed by atoms with van der Waals surface area (Å²) in [5.41, 5.74) is 3.26. The lowest BCUT2D eigenvalue weighted by Gasteiger charge is -2.17. The zero-order valence-corrected chi connectivity index (χ0v) is 17.2. The number of aromatic nitrogens is 2. The largest absolute Gasteiger partial charge is 0.465 e. The van der Waals surface area contributed by atoms with Crippen molar-refractivity contribution in [1.82, 2.24) is 9.55 Å². The van der Waals surface area contributed by atoms with E-state index in [2.05, 4.69) is 4.98 Å². The minimum Gasteiger partial charge on any atom is -0.465 e. The van der Waals surface area contributed by atoms with Gasteiger partial charge in [0.15, 0.2) is 5.16 Å². The van der Waals surface area contributed by atoms with Crippen LogP contribution in [-0.2, 0) is 9.53 Å². The second-order valence-electron chi connectivity index (χ2n) is 6.66. The number of benzene rings is 2. The Hall–Kier alpha value is -2.60. The van der Waals surface area contributed by atoms with Gasteiger partial charge in [0.05, 0.1) is 29.0 Å². The second kappa shape index (κ2) is 9.06. The molecule has 0 N–H and O–H groups in total. The third-order valence-corrected chi connectivity index (χ3v) is 5.40. The molecule has 1 aromatic heterocycles. The number of para-hydroxylation sites is 2. The molecule has 0 spiro atoms. The van der Waals surface area contributed by atoms with Crippen LogP contribution in [-0.4, -0.2) is 27.9 Å². The molecule has 0 unspecified atom stereocenters. The van der Waals surface area contributed by atoms with E-state index in [9.17, 15) is 9.59 Å². The van der Waals surface area contributed by atoms with E-state index < -0.39 is 0 Å². The lowest BCUT2D eigenvalue weighted by molar-refractivity contribution is -0.140. The standard InChI is InChI=1S/C22H24N2O3S/c1-4-5-13-27-19(25)14-28-22-23-18-12-7-6-11-17(18)21(26)24(22)20-15(2)9-8-10-16(20)3/h6-12H,4-5,13-14H2,1-3H3. The first kappa shape index (κ1) is 20.1. The number of thioether (sulfide) groups is 1. The Morgan fingerprint density at radius 2 is 1.82 bits per heavy atom. The highest BCUT2D eigenvalue weighted by Gasteiger charge is 2.17. The van der Waals surface area contributed by atoms with Crippen molar-refractivity contribution in [2.75, 3.05) is 12.4 Å². The minimum absolute atomic E-state index is 0.111. The van der Waals surface area contributed by atoms with Crippen LogP contribution in [0.4, 0.5) is 0 Å². The molecule has 0 atom stereocenters. The van der Waals surface area contributed by atoms with Gasteiger partial charge in [-0.3, -0.25) is 14.2 Å². The first-order valence-corrected chi connectivity index (χ1v) is 10.4. The third-order valence-electron chi connectivity index (χ3n) is 4.49. The van der Waals surface area contributed by atoms with Gasteiger partial charge in [0.1, 0.15) is 0 Å². The highest BCUT2D eigenvalue weighted by molar-refractivity contribution is 7.99. The fraction of sp³-hybridized carbons (Fsp3) is 0.318. The summed E-state index contributed by atoms with van der Waals surface area (Å²) in [6.45, 7) is 6.41. The molecule has 0 amide bonds. The van der Waals surface area contributed by atoms with Crippen molar-refractivity contribution in [1.29, 1.82) is 0 Å². The summed E-state index contributed by atoms with van der Waals surface area (Å²) in [4.78, 5) is 30.0. The molecule has 0 aliphatic heterocycles. The molecule has 0 bridgehead atoms. The topological polar surface area (TPSA) is 61.2 Å². The molecular weight excluding hydrogens is 372 g/mol. The van der Waals surface area contributed by atoms with Crippen LogP contribution >= 0.6 is 11.8 Å². The Bertz CT molecular complexity index is 1040. The van der Waals surface area contributed by atoms with Crippen LogP contribution in [0, 0.1) is 13.8 Å². The molecule has 2 aromatic carbocycles. The molecule has 0 radical (unpaired) electrons. The van der Waals surface area contributed by atoms with E-state index in [0.717, 1.165) is 29.7 Å². The van der Waals surface area contributed by atoms with Crippen LogP contribution in [0.25, 0.3) is 16.6 Å². The average molecular weight is 397 g/mol. The smallest absolute Gasteiger partial charge is 0.316 e. The van der Waals surface area contributed by atoms with E-state index in [1.165, 1.54) is 11.8 Å². The van der Waals surface area contributed by atoms with E-state index in [0.29, 0.717) is 22.7 Å². The van der Waals surface area contributed by atoms with Crippen LogP contribution in [0.3, 0.4) is 0 Å². The van der Waals surface area contributed by atoms with E-state index in [1.807, 2.05) is 57.2 Å². The minimum atomic E-state index is -0.297. The van der Waals surface area contributed by atoms with Gasteiger partial charge in [0.2, 0.25) is 0 Å². The molecular formula is C22H24N2O3S. The van der Waals surface area contributed by atoms with Crippen molar-refractivity contribution in [3.05, 3.63) is 63.9 Å². The predicted molar refractivity (Wildman–Crippen MR) is 113 cm³/mol. The number of hydrogen-bond acceptors (Lipinski definition) is 5. The van der Waals surface area contributed by atoms with Crippen LogP contribution in [0.2, 0.25) is 0 Å². The Morgan fingerprint density at radius 3 is 2.54 bits per heavy atom. The molecule has 0 fully saturated rings. The lowest BCUT2D eigenvalue weighted by Crippen LogP contribution is -2.24. The van der Waals surface area contributed by atoms with Gasteiger partial charge in [-0.25, -0.2) is 4.98 Å². The van der Waals surface area contributed by atoms with Crippen molar-refractivity contribution < 1.29 is 9.53 Å². The molecule has 0 aliphatic rings. The van der Waals surface area contributed by atoms with Gasteiger partial charge in [0.25, 0.3) is 5.56 Å². The monoisotopic (exact) mass is 396 g/mol. The van der Waals surface area contributed by atoms with Crippen molar-refractivity contribution in [3.63, 3.8) is 0 Å². The molecule has 1 heterocycles. The number of unbranched alkanes of at least 4 members (excludes halogenated alkanes) is 1. The summed E-state index contributed by atoms with van der Waals surface area (Å²) in [5, 5.41) is 1.05. The Balaban J connectivity index is 2.06. The van der Waals surface area contributed by atoms with Crippen LogP contribution in [0.1, 0.15) is 30.9 Å².